The van der Waals surface area contributed by atoms with E-state index in [1.165, 1.54) is 11.3 Å². The third-order valence-electron chi connectivity index (χ3n) is 1.98. The fraction of sp³-hybridized carbons (Fsp3) is 0.300. The molecule has 0 saturated carbocycles. The van der Waals surface area contributed by atoms with E-state index in [2.05, 4.69) is 10.3 Å². The summed E-state index contributed by atoms with van der Waals surface area (Å²) in [5, 5.41) is 2.58. The molecule has 1 aromatic carbocycles. The van der Waals surface area contributed by atoms with E-state index in [0.717, 1.165) is 15.8 Å². The van der Waals surface area contributed by atoms with Crippen molar-refractivity contribution in [1.29, 1.82) is 0 Å². The molecule has 0 saturated heterocycles. The van der Waals surface area contributed by atoms with Crippen LogP contribution in [-0.2, 0) is 0 Å². The molecule has 6 heteroatoms. The van der Waals surface area contributed by atoms with E-state index in [1.54, 1.807) is 6.07 Å². The number of nitrogens with one attached hydrogen (secondary N) is 1. The number of aromatic nitrogens is 1. The van der Waals surface area contributed by atoms with Gasteiger partial charge in [0.2, 0.25) is 0 Å². The smallest absolute Gasteiger partial charge is 0.352 e. The maximum absolute atomic E-state index is 12.0. The Morgan fingerprint density at radius 3 is 2.81 bits per heavy atom. The molecular weight excluding hydrogens is 237 g/mol. The van der Waals surface area contributed by atoms with Gasteiger partial charge in [-0.25, -0.2) is 4.98 Å². The lowest BCUT2D eigenvalue weighted by molar-refractivity contribution is -0.115. The maximum atomic E-state index is 12.0. The van der Waals surface area contributed by atoms with Gasteiger partial charge in [-0.2, -0.15) is 13.2 Å². The molecule has 0 spiro atoms. The number of nitrogens with zero attached hydrogens (tertiary/aromatic N) is 1. The lowest BCUT2D eigenvalue weighted by Gasteiger charge is -2.05. The summed E-state index contributed by atoms with van der Waals surface area (Å²) in [6, 6.07) is 5.60. The molecule has 0 unspecified atom stereocenters. The molecule has 0 radical (unpaired) electrons. The van der Waals surface area contributed by atoms with Gasteiger partial charge in [0, 0.05) is 0 Å². The Kier molecular flexibility index (Phi) is 2.75. The van der Waals surface area contributed by atoms with E-state index in [1.807, 2.05) is 19.1 Å². The van der Waals surface area contributed by atoms with E-state index in [9.17, 15) is 13.2 Å². The van der Waals surface area contributed by atoms with Gasteiger partial charge in [0.05, 0.1) is 10.2 Å². The number of benzene rings is 1. The molecule has 1 aromatic heterocycles. The molecule has 16 heavy (non-hydrogen) atoms. The summed E-state index contributed by atoms with van der Waals surface area (Å²) in [5.74, 6) is 0. The Hall–Kier alpha value is -1.30. The van der Waals surface area contributed by atoms with Crippen molar-refractivity contribution in [2.24, 2.45) is 0 Å². The Morgan fingerprint density at radius 1 is 1.38 bits per heavy atom. The number of halogens is 3. The molecule has 0 amide bonds. The van der Waals surface area contributed by atoms with Crippen LogP contribution in [0.4, 0.5) is 18.3 Å². The van der Waals surface area contributed by atoms with E-state index in [-0.39, 0.29) is 0 Å². The van der Waals surface area contributed by atoms with E-state index in [0.29, 0.717) is 5.13 Å². The highest BCUT2D eigenvalue weighted by Gasteiger charge is 2.27. The fourth-order valence-electron chi connectivity index (χ4n) is 1.28. The number of fused-ring (bicyclic) bond motifs is 1. The predicted octanol–water partition coefficient (Wildman–Crippen LogP) is 3.58. The van der Waals surface area contributed by atoms with Crippen molar-refractivity contribution in [3.05, 3.63) is 23.8 Å². The van der Waals surface area contributed by atoms with Gasteiger partial charge in [-0.05, 0) is 24.6 Å². The van der Waals surface area contributed by atoms with Gasteiger partial charge in [0.25, 0.3) is 0 Å². The maximum Gasteiger partial charge on any atom is 0.405 e. The standard InChI is InChI=1S/C10H9F3N2S/c1-6-2-3-7-8(4-6)16-9(15-7)14-5-10(11,12)13/h2-4H,5H2,1H3,(H,14,15). The van der Waals surface area contributed by atoms with E-state index < -0.39 is 12.7 Å². The van der Waals surface area contributed by atoms with E-state index in [4.69, 9.17) is 0 Å². The van der Waals surface area contributed by atoms with Gasteiger partial charge in [-0.1, -0.05) is 17.4 Å². The summed E-state index contributed by atoms with van der Waals surface area (Å²) >= 11 is 1.23. The predicted molar refractivity (Wildman–Crippen MR) is 58.9 cm³/mol. The lowest BCUT2D eigenvalue weighted by atomic mass is 10.2. The Bertz CT molecular complexity index is 504. The number of aryl methyl sites for hydroxylation is 1. The van der Waals surface area contributed by atoms with Gasteiger partial charge in [0.1, 0.15) is 6.54 Å². The van der Waals surface area contributed by atoms with Crippen molar-refractivity contribution in [2.45, 2.75) is 13.1 Å². The zero-order valence-electron chi connectivity index (χ0n) is 8.43. The number of hydrogen-bond donors (Lipinski definition) is 1. The molecule has 0 atom stereocenters. The normalized spacial score (nSPS) is 12.0. The first-order valence-electron chi connectivity index (χ1n) is 4.62. The summed E-state index contributed by atoms with van der Waals surface area (Å²) in [4.78, 5) is 4.06. The van der Waals surface area contributed by atoms with Crippen LogP contribution in [0.2, 0.25) is 0 Å². The first kappa shape index (κ1) is 11.2. The van der Waals surface area contributed by atoms with Crippen LogP contribution >= 0.6 is 11.3 Å². The minimum Gasteiger partial charge on any atom is -0.352 e. The van der Waals surface area contributed by atoms with Crippen LogP contribution in [0.15, 0.2) is 18.2 Å². The quantitative estimate of drug-likeness (QED) is 0.876. The minimum absolute atomic E-state index is 0.304. The number of alkyl halides is 3. The highest BCUT2D eigenvalue weighted by molar-refractivity contribution is 7.22. The molecule has 2 aromatic rings. The van der Waals surface area contributed by atoms with E-state index >= 15 is 0 Å². The monoisotopic (exact) mass is 246 g/mol. The lowest BCUT2D eigenvalue weighted by Crippen LogP contribution is -2.21. The molecule has 0 fully saturated rings. The second-order valence-electron chi connectivity index (χ2n) is 3.46. The highest BCUT2D eigenvalue weighted by Crippen LogP contribution is 2.27. The molecule has 1 heterocycles. The Balaban J connectivity index is 2.20. The number of rotatable bonds is 2. The Labute approximate surface area is 94.1 Å². The van der Waals surface area contributed by atoms with Crippen LogP contribution in [0.5, 0.6) is 0 Å². The van der Waals surface area contributed by atoms with Gasteiger partial charge >= 0.3 is 6.18 Å². The number of hydrogen-bond acceptors (Lipinski definition) is 3. The van der Waals surface area contributed by atoms with Gasteiger partial charge < -0.3 is 5.32 Å². The van der Waals surface area contributed by atoms with Crippen LogP contribution in [0.3, 0.4) is 0 Å². The summed E-state index contributed by atoms with van der Waals surface area (Å²) < 4.78 is 36.8. The van der Waals surface area contributed by atoms with Crippen molar-refractivity contribution in [2.75, 3.05) is 11.9 Å². The van der Waals surface area contributed by atoms with Crippen LogP contribution in [-0.4, -0.2) is 17.7 Å². The van der Waals surface area contributed by atoms with Gasteiger partial charge in [-0.15, -0.1) is 0 Å². The zero-order chi connectivity index (χ0) is 11.8. The van der Waals surface area contributed by atoms with Crippen molar-refractivity contribution in [3.63, 3.8) is 0 Å². The second-order valence-corrected chi connectivity index (χ2v) is 4.49. The Morgan fingerprint density at radius 2 is 2.12 bits per heavy atom. The van der Waals surface area contributed by atoms with Crippen LogP contribution in [0, 0.1) is 6.92 Å². The third-order valence-corrected chi connectivity index (χ3v) is 2.96. The summed E-state index contributed by atoms with van der Waals surface area (Å²) in [6.07, 6.45) is -4.21. The van der Waals surface area contributed by atoms with Crippen molar-refractivity contribution in [3.8, 4) is 0 Å². The molecule has 1 N–H and O–H groups in total. The second kappa shape index (κ2) is 3.93. The SMILES string of the molecule is Cc1ccc2nc(NCC(F)(F)F)sc2c1. The van der Waals surface area contributed by atoms with Crippen molar-refractivity contribution in [1.82, 2.24) is 4.98 Å². The summed E-state index contributed by atoms with van der Waals surface area (Å²) in [6.45, 7) is 0.883. The highest BCUT2D eigenvalue weighted by atomic mass is 32.1. The van der Waals surface area contributed by atoms with Gasteiger partial charge in [-0.3, -0.25) is 0 Å². The van der Waals surface area contributed by atoms with Crippen LogP contribution < -0.4 is 5.32 Å². The number of thiazole rings is 1. The van der Waals surface area contributed by atoms with Crippen LogP contribution in [0.1, 0.15) is 5.56 Å². The average molecular weight is 246 g/mol. The first-order chi connectivity index (χ1) is 7.44. The topological polar surface area (TPSA) is 24.9 Å². The molecule has 0 aliphatic heterocycles. The summed E-state index contributed by atoms with van der Waals surface area (Å²) in [5.41, 5.74) is 1.79. The largest absolute Gasteiger partial charge is 0.405 e. The molecular formula is C10H9F3N2S. The summed E-state index contributed by atoms with van der Waals surface area (Å²) in [7, 11) is 0. The first-order valence-corrected chi connectivity index (χ1v) is 5.43. The molecule has 0 aliphatic rings. The van der Waals surface area contributed by atoms with Gasteiger partial charge in [0.15, 0.2) is 5.13 Å². The molecule has 0 bridgehead atoms. The fourth-order valence-corrected chi connectivity index (χ4v) is 2.24. The minimum atomic E-state index is -4.21. The molecule has 2 rings (SSSR count). The zero-order valence-corrected chi connectivity index (χ0v) is 9.25. The van der Waals surface area contributed by atoms with Crippen LogP contribution in [0.25, 0.3) is 10.2 Å². The van der Waals surface area contributed by atoms with Crippen molar-refractivity contribution < 1.29 is 13.2 Å². The average Bonchev–Trinajstić information content (AvgIpc) is 2.55. The number of anilines is 1. The molecule has 2 nitrogen and oxygen atoms in total. The molecule has 0 aliphatic carbocycles. The third kappa shape index (κ3) is 2.63. The molecule has 86 valence electrons. The van der Waals surface area contributed by atoms with Crippen molar-refractivity contribution >= 4 is 26.7 Å².